The highest BCUT2D eigenvalue weighted by Crippen LogP contribution is 2.41. The van der Waals surface area contributed by atoms with Crippen molar-refractivity contribution in [2.24, 2.45) is 0 Å². The number of methoxy groups -OCH3 is 1. The Hall–Kier alpha value is -7.29. The van der Waals surface area contributed by atoms with Crippen LogP contribution in [0.1, 0.15) is 194 Å². The standard InChI is InChI=1S/C70H106O36/c1-18-19-25-28-48(29-26-23-21-20-22-24-27-30-51(83)84-17)101-66-61(56(93-40(9)75)49(32-86-66)90-37(6)72)106-69-63(98-45(14)80)58(95-42(11)77)53(34(3)89-69)103-68-64(99-46(15)81)59(105-70-65(100-47(16)82)60(96-43(12)78)55(92-39(8)74)50(102-70)31-85-36(5)71)54(35(4)88-68)104-67-62(97-44(13)79)57(94-41(10)76)52(33(2)87-67)91-38(7)73/h33-35,48-50,52-70H,18-32H2,1-17H3/t33-,34-,35-,48-,49+,50+,52-,53-,54-,55+,56-,57+,58+,59+,60-,61+,62+,63+,64+,65+,66-,67-,68-,69-,70-/m0/s1. The lowest BCUT2D eigenvalue weighted by Crippen LogP contribution is -2.69. The molecule has 5 aliphatic rings. The average molecular weight is 1520 g/mol. The molecule has 5 fully saturated rings. The van der Waals surface area contributed by atoms with Crippen molar-refractivity contribution in [2.45, 2.75) is 348 Å². The molecule has 0 spiro atoms. The molecule has 0 amide bonds. The lowest BCUT2D eigenvalue weighted by molar-refractivity contribution is -0.399. The molecule has 0 unspecified atom stereocenters. The van der Waals surface area contributed by atoms with Gasteiger partial charge in [-0.3, -0.25) is 62.3 Å². The summed E-state index contributed by atoms with van der Waals surface area (Å²) < 4.78 is 140. The topological polar surface area (TPSA) is 434 Å². The minimum atomic E-state index is -2.12. The number of hydrogen-bond donors (Lipinski definition) is 0. The molecule has 5 rings (SSSR count). The van der Waals surface area contributed by atoms with Crippen molar-refractivity contribution in [3.8, 4) is 0 Å². The molecule has 5 aliphatic heterocycles. The SMILES string of the molecule is CCCCC[C@@H](CCCCCCCCCC(=O)OC)O[C@@H]1OC[C@@H](OC(C)=O)[C@H](OC(C)=O)[C@H]1O[C@@H]1O[C@@H](C)[C@H](O[C@@H]2O[C@@H](C)[C@H](O[C@@H]3O[C@@H](C)[C@H](OC(C)=O)[C@@H](OC(C)=O)[C@H]3OC(C)=O)[C@@H](O[C@@H]3O[C@H](COC(C)=O)[C@@H](OC(C)=O)[C@H](OC(C)=O)[C@H]3OC(C)=O)[C@H]2OC(C)=O)[C@@H](OC(C)=O)[C@H]1OC(C)=O. The van der Waals surface area contributed by atoms with E-state index in [9.17, 15) is 62.3 Å². The molecule has 36 heteroatoms. The summed E-state index contributed by atoms with van der Waals surface area (Å²) in [4.78, 5) is 169. The summed E-state index contributed by atoms with van der Waals surface area (Å²) in [6, 6.07) is 0. The molecule has 0 aromatic carbocycles. The first-order valence-corrected chi connectivity index (χ1v) is 35.6. The van der Waals surface area contributed by atoms with E-state index in [0.29, 0.717) is 25.7 Å². The van der Waals surface area contributed by atoms with Crippen molar-refractivity contribution >= 4 is 77.6 Å². The smallest absolute Gasteiger partial charge is 0.305 e. The summed E-state index contributed by atoms with van der Waals surface area (Å²) in [6.45, 7) is 17.4. The van der Waals surface area contributed by atoms with Gasteiger partial charge in [0.15, 0.2) is 105 Å². The van der Waals surface area contributed by atoms with Gasteiger partial charge in [0.25, 0.3) is 0 Å². The van der Waals surface area contributed by atoms with Crippen molar-refractivity contribution < 1.29 is 171 Å². The lowest BCUT2D eigenvalue weighted by Gasteiger charge is -2.52. The van der Waals surface area contributed by atoms with Crippen LogP contribution < -0.4 is 0 Å². The molecule has 0 aliphatic carbocycles. The molecule has 5 saturated heterocycles. The van der Waals surface area contributed by atoms with Gasteiger partial charge in [0, 0.05) is 89.5 Å². The van der Waals surface area contributed by atoms with E-state index in [1.807, 2.05) is 6.92 Å². The molecule has 0 aromatic rings. The summed E-state index contributed by atoms with van der Waals surface area (Å²) in [7, 11) is 1.35. The van der Waals surface area contributed by atoms with Gasteiger partial charge in [-0.25, -0.2) is 0 Å². The second-order valence-corrected chi connectivity index (χ2v) is 26.3. The molecule has 0 radical (unpaired) electrons. The van der Waals surface area contributed by atoms with Gasteiger partial charge in [-0.1, -0.05) is 64.7 Å². The molecule has 0 aromatic heterocycles. The third-order valence-electron chi connectivity index (χ3n) is 17.2. The van der Waals surface area contributed by atoms with Crippen LogP contribution in [0.15, 0.2) is 0 Å². The van der Waals surface area contributed by atoms with Crippen LogP contribution in [0.5, 0.6) is 0 Å². The van der Waals surface area contributed by atoms with Crippen LogP contribution in [-0.2, 0) is 171 Å². The highest BCUT2D eigenvalue weighted by Gasteiger charge is 2.62. The van der Waals surface area contributed by atoms with E-state index in [1.165, 1.54) is 27.9 Å². The first kappa shape index (κ1) is 89.3. The summed E-state index contributed by atoms with van der Waals surface area (Å²) in [5.41, 5.74) is 0. The van der Waals surface area contributed by atoms with Gasteiger partial charge < -0.3 is 109 Å². The van der Waals surface area contributed by atoms with Gasteiger partial charge in [0.05, 0.1) is 38.1 Å². The predicted molar refractivity (Wildman–Crippen MR) is 351 cm³/mol. The van der Waals surface area contributed by atoms with Crippen LogP contribution in [0, 0.1) is 0 Å². The van der Waals surface area contributed by atoms with E-state index in [1.54, 1.807) is 0 Å². The molecule has 602 valence electrons. The number of ether oxygens (including phenoxy) is 23. The fourth-order valence-corrected chi connectivity index (χ4v) is 13.0. The number of carbonyl (C=O) groups is 13. The minimum Gasteiger partial charge on any atom is -0.469 e. The van der Waals surface area contributed by atoms with Crippen LogP contribution in [0.25, 0.3) is 0 Å². The monoisotopic (exact) mass is 1520 g/mol. The Morgan fingerprint density at radius 2 is 0.660 bits per heavy atom. The Kier molecular flexibility index (Phi) is 36.8. The first-order valence-electron chi connectivity index (χ1n) is 35.6. The Labute approximate surface area is 615 Å². The van der Waals surface area contributed by atoms with Crippen LogP contribution in [0.3, 0.4) is 0 Å². The lowest BCUT2D eigenvalue weighted by atomic mass is 9.95. The maximum atomic E-state index is 13.8. The summed E-state index contributed by atoms with van der Waals surface area (Å²) in [5.74, 6) is -11.8. The van der Waals surface area contributed by atoms with Crippen molar-refractivity contribution in [1.29, 1.82) is 0 Å². The van der Waals surface area contributed by atoms with Crippen molar-refractivity contribution in [3.63, 3.8) is 0 Å². The number of carbonyl (C=O) groups excluding carboxylic acids is 13. The zero-order valence-electron chi connectivity index (χ0n) is 63.2. The van der Waals surface area contributed by atoms with Crippen molar-refractivity contribution in [2.75, 3.05) is 20.3 Å². The van der Waals surface area contributed by atoms with Gasteiger partial charge in [-0.15, -0.1) is 0 Å². The molecule has 0 saturated carbocycles. The Morgan fingerprint density at radius 1 is 0.330 bits per heavy atom. The quantitative estimate of drug-likeness (QED) is 0.0475. The third kappa shape index (κ3) is 28.1. The molecule has 106 heavy (non-hydrogen) atoms. The molecular formula is C70H106O36. The fraction of sp³-hybridized carbons (Fsp3) is 0.814. The first-order chi connectivity index (χ1) is 50.0. The average Bonchev–Trinajstić information content (AvgIpc) is 0.758. The van der Waals surface area contributed by atoms with Crippen LogP contribution in [0.2, 0.25) is 0 Å². The highest BCUT2D eigenvalue weighted by molar-refractivity contribution is 5.71. The van der Waals surface area contributed by atoms with Gasteiger partial charge in [-0.2, -0.15) is 0 Å². The van der Waals surface area contributed by atoms with Gasteiger partial charge >= 0.3 is 77.6 Å². The molecule has 0 N–H and O–H groups in total. The zero-order valence-corrected chi connectivity index (χ0v) is 63.2. The second-order valence-electron chi connectivity index (χ2n) is 26.3. The Balaban J connectivity index is 1.67. The number of rotatable bonds is 37. The van der Waals surface area contributed by atoms with Gasteiger partial charge in [0.1, 0.15) is 31.0 Å². The number of esters is 13. The summed E-state index contributed by atoms with van der Waals surface area (Å²) in [5, 5.41) is 0. The molecular weight excluding hydrogens is 1420 g/mol. The fourth-order valence-electron chi connectivity index (χ4n) is 13.0. The van der Waals surface area contributed by atoms with Crippen molar-refractivity contribution in [3.05, 3.63) is 0 Å². The minimum absolute atomic E-state index is 0.258. The number of unbranched alkanes of at least 4 members (excludes halogenated alkanes) is 8. The molecule has 25 atom stereocenters. The van der Waals surface area contributed by atoms with Crippen LogP contribution in [0.4, 0.5) is 0 Å². The predicted octanol–water partition coefficient (Wildman–Crippen LogP) is 4.30. The third-order valence-corrected chi connectivity index (χ3v) is 17.2. The Morgan fingerprint density at radius 3 is 1.09 bits per heavy atom. The highest BCUT2D eigenvalue weighted by atomic mass is 16.8. The molecule has 0 bridgehead atoms. The van der Waals surface area contributed by atoms with E-state index in [-0.39, 0.29) is 12.6 Å². The van der Waals surface area contributed by atoms with Gasteiger partial charge in [0.2, 0.25) is 0 Å². The largest absolute Gasteiger partial charge is 0.469 e. The molecule has 5 heterocycles. The van der Waals surface area contributed by atoms with Crippen molar-refractivity contribution in [1.82, 2.24) is 0 Å². The maximum Gasteiger partial charge on any atom is 0.305 e. The Bertz CT molecular complexity index is 2940. The van der Waals surface area contributed by atoms with E-state index < -0.39 is 232 Å². The zero-order chi connectivity index (χ0) is 78.8. The summed E-state index contributed by atoms with van der Waals surface area (Å²) in [6.07, 6.45) is -32.3. The van der Waals surface area contributed by atoms with Crippen LogP contribution in [-0.4, -0.2) is 251 Å². The second kappa shape index (κ2) is 43.6. The van der Waals surface area contributed by atoms with Crippen LogP contribution >= 0.6 is 0 Å². The van der Waals surface area contributed by atoms with E-state index >= 15 is 0 Å². The number of hydrogen-bond acceptors (Lipinski definition) is 36. The summed E-state index contributed by atoms with van der Waals surface area (Å²) >= 11 is 0. The molecule has 36 nitrogen and oxygen atoms in total. The van der Waals surface area contributed by atoms with E-state index in [0.717, 1.165) is 141 Å². The van der Waals surface area contributed by atoms with E-state index in [4.69, 9.17) is 109 Å². The van der Waals surface area contributed by atoms with E-state index in [2.05, 4.69) is 0 Å². The normalized spacial score (nSPS) is 32.4. The van der Waals surface area contributed by atoms with Gasteiger partial charge in [-0.05, 0) is 40.0 Å². The maximum absolute atomic E-state index is 13.8.